The van der Waals surface area contributed by atoms with E-state index in [4.69, 9.17) is 4.74 Å². The van der Waals surface area contributed by atoms with Crippen LogP contribution >= 0.6 is 0 Å². The molecule has 1 N–H and O–H groups in total. The van der Waals surface area contributed by atoms with Crippen molar-refractivity contribution < 1.29 is 18.7 Å². The summed E-state index contributed by atoms with van der Waals surface area (Å²) in [5, 5.41) is 3.04. The quantitative estimate of drug-likeness (QED) is 0.770. The standard InChI is InChI=1S/C26H29FN2O3/c1-32-21-7-3-5-19(15-21)24(30)29-12-10-26(11-13-29)22-16-18(8-9-23(22)28-25(26)31)17-4-2-6-20(27)14-17/h2,4,6,8-9,14,16,19,21H,3,5,7,10-13,15H2,1H3,(H,28,31). The number of anilines is 1. The first-order valence-corrected chi connectivity index (χ1v) is 11.5. The normalized spacial score (nSPS) is 24.3. The first-order valence-electron chi connectivity index (χ1n) is 11.5. The van der Waals surface area contributed by atoms with E-state index in [0.29, 0.717) is 25.9 Å². The highest BCUT2D eigenvalue weighted by Crippen LogP contribution is 2.46. The summed E-state index contributed by atoms with van der Waals surface area (Å²) in [6.07, 6.45) is 5.12. The number of fused-ring (bicyclic) bond motifs is 2. The zero-order valence-corrected chi connectivity index (χ0v) is 18.4. The molecular weight excluding hydrogens is 407 g/mol. The fraction of sp³-hybridized carbons (Fsp3) is 0.462. The summed E-state index contributed by atoms with van der Waals surface area (Å²) < 4.78 is 19.2. The zero-order chi connectivity index (χ0) is 22.3. The largest absolute Gasteiger partial charge is 0.381 e. The Balaban J connectivity index is 1.35. The summed E-state index contributed by atoms with van der Waals surface area (Å²) in [5.41, 5.74) is 2.85. The number of nitrogens with zero attached hydrogens (tertiary/aromatic N) is 1. The van der Waals surface area contributed by atoms with Crippen LogP contribution in [0.25, 0.3) is 11.1 Å². The molecule has 2 unspecified atom stereocenters. The van der Waals surface area contributed by atoms with Crippen LogP contribution in [0.2, 0.25) is 0 Å². The molecule has 5 nitrogen and oxygen atoms in total. The highest BCUT2D eigenvalue weighted by molar-refractivity contribution is 6.07. The Kier molecular flexibility index (Phi) is 5.49. The van der Waals surface area contributed by atoms with E-state index in [0.717, 1.165) is 48.1 Å². The lowest BCUT2D eigenvalue weighted by atomic mass is 9.73. The number of amides is 2. The summed E-state index contributed by atoms with van der Waals surface area (Å²) >= 11 is 0. The van der Waals surface area contributed by atoms with Gasteiger partial charge in [-0.1, -0.05) is 24.6 Å². The van der Waals surface area contributed by atoms with Crippen molar-refractivity contribution in [2.24, 2.45) is 5.92 Å². The lowest BCUT2D eigenvalue weighted by molar-refractivity contribution is -0.141. The molecule has 2 aromatic rings. The molecule has 2 aromatic carbocycles. The Morgan fingerprint density at radius 2 is 1.91 bits per heavy atom. The van der Waals surface area contributed by atoms with E-state index in [1.807, 2.05) is 29.2 Å². The minimum absolute atomic E-state index is 0.00750. The Bertz CT molecular complexity index is 1050. The van der Waals surface area contributed by atoms with E-state index in [1.54, 1.807) is 13.2 Å². The minimum Gasteiger partial charge on any atom is -0.381 e. The van der Waals surface area contributed by atoms with Crippen LogP contribution in [0.4, 0.5) is 10.1 Å². The molecule has 2 amide bonds. The first-order chi connectivity index (χ1) is 15.5. The van der Waals surface area contributed by atoms with Gasteiger partial charge in [0.2, 0.25) is 11.8 Å². The smallest absolute Gasteiger partial charge is 0.235 e. The van der Waals surface area contributed by atoms with Crippen molar-refractivity contribution in [2.75, 3.05) is 25.5 Å². The van der Waals surface area contributed by atoms with Crippen molar-refractivity contribution in [2.45, 2.75) is 50.0 Å². The van der Waals surface area contributed by atoms with Gasteiger partial charge in [-0.15, -0.1) is 0 Å². The number of rotatable bonds is 3. The average Bonchev–Trinajstić information content (AvgIpc) is 3.09. The molecule has 1 spiro atoms. The van der Waals surface area contributed by atoms with Crippen molar-refractivity contribution >= 4 is 17.5 Å². The fourth-order valence-corrected chi connectivity index (χ4v) is 5.71. The molecule has 2 fully saturated rings. The number of benzene rings is 2. The number of ether oxygens (including phenoxy) is 1. The lowest BCUT2D eigenvalue weighted by Gasteiger charge is -2.40. The number of likely N-dealkylation sites (tertiary alicyclic amines) is 1. The number of nitrogens with one attached hydrogen (secondary N) is 1. The molecule has 0 bridgehead atoms. The van der Waals surface area contributed by atoms with Crippen molar-refractivity contribution in [3.8, 4) is 11.1 Å². The van der Waals surface area contributed by atoms with E-state index in [9.17, 15) is 14.0 Å². The van der Waals surface area contributed by atoms with Crippen molar-refractivity contribution in [1.29, 1.82) is 0 Å². The highest BCUT2D eigenvalue weighted by Gasteiger charge is 2.49. The predicted molar refractivity (Wildman–Crippen MR) is 121 cm³/mol. The molecule has 2 heterocycles. The summed E-state index contributed by atoms with van der Waals surface area (Å²) in [7, 11) is 1.72. The lowest BCUT2D eigenvalue weighted by Crippen LogP contribution is -2.50. The van der Waals surface area contributed by atoms with Gasteiger partial charge in [-0.25, -0.2) is 4.39 Å². The molecule has 6 heteroatoms. The third-order valence-corrected chi connectivity index (χ3v) is 7.61. The molecular formula is C26H29FN2O3. The summed E-state index contributed by atoms with van der Waals surface area (Å²) in [6, 6.07) is 12.4. The van der Waals surface area contributed by atoms with Crippen molar-refractivity contribution in [1.82, 2.24) is 4.90 Å². The van der Waals surface area contributed by atoms with Gasteiger partial charge in [0.1, 0.15) is 5.82 Å². The number of carbonyl (C=O) groups excluding carboxylic acids is 2. The van der Waals surface area contributed by atoms with Gasteiger partial charge in [0.05, 0.1) is 11.5 Å². The topological polar surface area (TPSA) is 58.6 Å². The van der Waals surface area contributed by atoms with Gasteiger partial charge in [0, 0.05) is 31.8 Å². The number of methoxy groups -OCH3 is 1. The third-order valence-electron chi connectivity index (χ3n) is 7.61. The maximum absolute atomic E-state index is 13.7. The van der Waals surface area contributed by atoms with Gasteiger partial charge in [0.25, 0.3) is 0 Å². The predicted octanol–water partition coefficient (Wildman–Crippen LogP) is 4.51. The van der Waals surface area contributed by atoms with E-state index in [-0.39, 0.29) is 29.7 Å². The summed E-state index contributed by atoms with van der Waals surface area (Å²) in [5.74, 6) is -0.0500. The molecule has 1 saturated heterocycles. The maximum Gasteiger partial charge on any atom is 0.235 e. The van der Waals surface area contributed by atoms with Gasteiger partial charge in [-0.3, -0.25) is 9.59 Å². The molecule has 2 atom stereocenters. The minimum atomic E-state index is -0.628. The zero-order valence-electron chi connectivity index (χ0n) is 18.4. The Hall–Kier alpha value is -2.73. The summed E-state index contributed by atoms with van der Waals surface area (Å²) in [6.45, 7) is 1.15. The number of piperidine rings is 1. The number of halogens is 1. The molecule has 1 aliphatic carbocycles. The maximum atomic E-state index is 13.7. The second-order valence-electron chi connectivity index (χ2n) is 9.35. The van der Waals surface area contributed by atoms with E-state index in [2.05, 4.69) is 5.32 Å². The van der Waals surface area contributed by atoms with Crippen LogP contribution in [0.5, 0.6) is 0 Å². The second-order valence-corrected chi connectivity index (χ2v) is 9.35. The molecule has 1 saturated carbocycles. The van der Waals surface area contributed by atoms with Crippen LogP contribution in [0.3, 0.4) is 0 Å². The average molecular weight is 437 g/mol. The number of hydrogen-bond donors (Lipinski definition) is 1. The third kappa shape index (κ3) is 3.60. The second kappa shape index (κ2) is 8.32. The molecule has 168 valence electrons. The molecule has 5 rings (SSSR count). The monoisotopic (exact) mass is 436 g/mol. The van der Waals surface area contributed by atoms with Gasteiger partial charge >= 0.3 is 0 Å². The van der Waals surface area contributed by atoms with Gasteiger partial charge in [-0.05, 0) is 73.1 Å². The van der Waals surface area contributed by atoms with Crippen LogP contribution in [0, 0.1) is 11.7 Å². The molecule has 2 aliphatic heterocycles. The van der Waals surface area contributed by atoms with Crippen LogP contribution in [0.15, 0.2) is 42.5 Å². The van der Waals surface area contributed by atoms with Crippen molar-refractivity contribution in [3.05, 3.63) is 53.8 Å². The van der Waals surface area contributed by atoms with Crippen LogP contribution in [-0.2, 0) is 19.7 Å². The van der Waals surface area contributed by atoms with Crippen LogP contribution in [0.1, 0.15) is 44.1 Å². The van der Waals surface area contributed by atoms with E-state index in [1.165, 1.54) is 12.1 Å². The first kappa shape index (κ1) is 21.1. The SMILES string of the molecule is COC1CCCC(C(=O)N2CCC3(CC2)C(=O)Nc2ccc(-c4cccc(F)c4)cc23)C1. The highest BCUT2D eigenvalue weighted by atomic mass is 19.1. The van der Waals surface area contributed by atoms with Gasteiger partial charge in [-0.2, -0.15) is 0 Å². The van der Waals surface area contributed by atoms with E-state index < -0.39 is 5.41 Å². The molecule has 0 aromatic heterocycles. The number of carbonyl (C=O) groups is 2. The molecule has 3 aliphatic rings. The Labute approximate surface area is 187 Å². The Morgan fingerprint density at radius 1 is 1.12 bits per heavy atom. The number of hydrogen-bond acceptors (Lipinski definition) is 3. The van der Waals surface area contributed by atoms with E-state index >= 15 is 0 Å². The van der Waals surface area contributed by atoms with Crippen LogP contribution < -0.4 is 5.32 Å². The van der Waals surface area contributed by atoms with Gasteiger partial charge in [0.15, 0.2) is 0 Å². The fourth-order valence-electron chi connectivity index (χ4n) is 5.71. The summed E-state index contributed by atoms with van der Waals surface area (Å²) in [4.78, 5) is 28.2. The van der Waals surface area contributed by atoms with Crippen LogP contribution in [-0.4, -0.2) is 43.0 Å². The molecule has 32 heavy (non-hydrogen) atoms. The molecule has 0 radical (unpaired) electrons. The van der Waals surface area contributed by atoms with Gasteiger partial charge < -0.3 is 15.0 Å². The Morgan fingerprint density at radius 3 is 2.66 bits per heavy atom. The van der Waals surface area contributed by atoms with Crippen molar-refractivity contribution in [3.63, 3.8) is 0 Å².